The van der Waals surface area contributed by atoms with E-state index in [9.17, 15) is 0 Å². The standard InChI is InChI=1S/C16H34N2/c1-11(2)13(5)18(7)16-10-14(12(3)4)8-9-15(16)17-6/h11-17H,8-10H2,1-7H3. The normalized spacial score (nSPS) is 31.3. The summed E-state index contributed by atoms with van der Waals surface area (Å²) in [6.07, 6.45) is 4.08. The van der Waals surface area contributed by atoms with E-state index in [1.165, 1.54) is 19.3 Å². The van der Waals surface area contributed by atoms with Crippen LogP contribution < -0.4 is 5.32 Å². The Morgan fingerprint density at radius 1 is 1.06 bits per heavy atom. The highest BCUT2D eigenvalue weighted by atomic mass is 15.2. The molecule has 0 spiro atoms. The zero-order chi connectivity index (χ0) is 13.9. The van der Waals surface area contributed by atoms with Crippen molar-refractivity contribution in [1.82, 2.24) is 10.2 Å². The van der Waals surface area contributed by atoms with Crippen LogP contribution >= 0.6 is 0 Å². The summed E-state index contributed by atoms with van der Waals surface area (Å²) in [5, 5.41) is 3.55. The smallest absolute Gasteiger partial charge is 0.0251 e. The summed E-state index contributed by atoms with van der Waals surface area (Å²) in [4.78, 5) is 2.63. The quantitative estimate of drug-likeness (QED) is 0.809. The summed E-state index contributed by atoms with van der Waals surface area (Å²) in [6.45, 7) is 11.8. The van der Waals surface area contributed by atoms with Crippen molar-refractivity contribution in [1.29, 1.82) is 0 Å². The molecule has 0 bridgehead atoms. The van der Waals surface area contributed by atoms with Crippen LogP contribution in [0.15, 0.2) is 0 Å². The fourth-order valence-corrected chi connectivity index (χ4v) is 3.34. The van der Waals surface area contributed by atoms with Gasteiger partial charge in [-0.25, -0.2) is 0 Å². The molecule has 4 atom stereocenters. The molecular weight excluding hydrogens is 220 g/mol. The molecule has 0 radical (unpaired) electrons. The largest absolute Gasteiger partial charge is 0.315 e. The molecule has 0 amide bonds. The lowest BCUT2D eigenvalue weighted by atomic mass is 9.76. The molecule has 2 nitrogen and oxygen atoms in total. The Labute approximate surface area is 115 Å². The molecule has 0 saturated heterocycles. The van der Waals surface area contributed by atoms with Gasteiger partial charge in [0, 0.05) is 18.1 Å². The van der Waals surface area contributed by atoms with Gasteiger partial charge in [-0.3, -0.25) is 4.90 Å². The van der Waals surface area contributed by atoms with E-state index in [4.69, 9.17) is 0 Å². The molecule has 1 rings (SSSR count). The monoisotopic (exact) mass is 254 g/mol. The first-order valence-electron chi connectivity index (χ1n) is 7.77. The van der Waals surface area contributed by atoms with Crippen molar-refractivity contribution in [2.24, 2.45) is 17.8 Å². The summed E-state index contributed by atoms with van der Waals surface area (Å²) in [5.74, 6) is 2.46. The molecule has 0 aromatic rings. The van der Waals surface area contributed by atoms with Crippen molar-refractivity contribution >= 4 is 0 Å². The molecule has 4 unspecified atom stereocenters. The molecule has 0 aromatic heterocycles. The molecule has 1 N–H and O–H groups in total. The van der Waals surface area contributed by atoms with Crippen LogP contribution in [-0.4, -0.2) is 37.1 Å². The van der Waals surface area contributed by atoms with Crippen molar-refractivity contribution in [2.75, 3.05) is 14.1 Å². The third-order valence-electron chi connectivity index (χ3n) is 5.30. The molecule has 1 aliphatic carbocycles. The third kappa shape index (κ3) is 3.71. The van der Waals surface area contributed by atoms with Gasteiger partial charge < -0.3 is 5.32 Å². The predicted octanol–water partition coefficient (Wildman–Crippen LogP) is 3.38. The van der Waals surface area contributed by atoms with Crippen LogP contribution in [0.2, 0.25) is 0 Å². The number of nitrogens with zero attached hydrogens (tertiary/aromatic N) is 1. The molecule has 0 heterocycles. The Bertz CT molecular complexity index is 231. The molecule has 1 saturated carbocycles. The van der Waals surface area contributed by atoms with E-state index >= 15 is 0 Å². The fourth-order valence-electron chi connectivity index (χ4n) is 3.34. The topological polar surface area (TPSA) is 15.3 Å². The van der Waals surface area contributed by atoms with Gasteiger partial charge in [-0.2, -0.15) is 0 Å². The Morgan fingerprint density at radius 3 is 2.11 bits per heavy atom. The highest BCUT2D eigenvalue weighted by molar-refractivity contribution is 4.92. The first kappa shape index (κ1) is 16.0. The molecule has 1 fully saturated rings. The molecule has 108 valence electrons. The summed E-state index contributed by atoms with van der Waals surface area (Å²) in [6, 6.07) is 2.04. The van der Waals surface area contributed by atoms with Crippen LogP contribution in [0.5, 0.6) is 0 Å². The fraction of sp³-hybridized carbons (Fsp3) is 1.00. The highest BCUT2D eigenvalue weighted by Gasteiger charge is 2.35. The van der Waals surface area contributed by atoms with E-state index in [0.29, 0.717) is 18.1 Å². The molecule has 2 heteroatoms. The van der Waals surface area contributed by atoms with E-state index in [-0.39, 0.29) is 0 Å². The minimum absolute atomic E-state index is 0.664. The number of likely N-dealkylation sites (N-methyl/N-ethyl adjacent to an activating group) is 2. The van der Waals surface area contributed by atoms with Gasteiger partial charge in [0.15, 0.2) is 0 Å². The van der Waals surface area contributed by atoms with E-state index in [1.807, 2.05) is 0 Å². The average Bonchev–Trinajstić information content (AvgIpc) is 2.35. The Kier molecular flexibility index (Phi) is 6.13. The van der Waals surface area contributed by atoms with Crippen molar-refractivity contribution in [3.63, 3.8) is 0 Å². The summed E-state index contributed by atoms with van der Waals surface area (Å²) in [7, 11) is 4.45. The van der Waals surface area contributed by atoms with Gasteiger partial charge in [0.2, 0.25) is 0 Å². The maximum absolute atomic E-state index is 3.55. The van der Waals surface area contributed by atoms with Gasteiger partial charge in [-0.15, -0.1) is 0 Å². The summed E-state index contributed by atoms with van der Waals surface area (Å²) >= 11 is 0. The number of nitrogens with one attached hydrogen (secondary N) is 1. The van der Waals surface area contributed by atoms with Crippen molar-refractivity contribution in [3.8, 4) is 0 Å². The van der Waals surface area contributed by atoms with E-state index in [0.717, 1.165) is 17.8 Å². The minimum Gasteiger partial charge on any atom is -0.315 e. The zero-order valence-corrected chi connectivity index (χ0v) is 13.5. The number of rotatable bonds is 5. The summed E-state index contributed by atoms with van der Waals surface area (Å²) in [5.41, 5.74) is 0. The number of hydrogen-bond acceptors (Lipinski definition) is 2. The first-order valence-corrected chi connectivity index (χ1v) is 7.77. The maximum atomic E-state index is 3.55. The van der Waals surface area contributed by atoms with Crippen LogP contribution in [0.25, 0.3) is 0 Å². The molecule has 0 aromatic carbocycles. The van der Waals surface area contributed by atoms with Gasteiger partial charge in [0.25, 0.3) is 0 Å². The van der Waals surface area contributed by atoms with Crippen LogP contribution in [-0.2, 0) is 0 Å². The van der Waals surface area contributed by atoms with Gasteiger partial charge in [0.05, 0.1) is 0 Å². The van der Waals surface area contributed by atoms with Crippen LogP contribution in [0.1, 0.15) is 53.9 Å². The lowest BCUT2D eigenvalue weighted by Crippen LogP contribution is -2.54. The second-order valence-corrected chi connectivity index (χ2v) is 6.93. The zero-order valence-electron chi connectivity index (χ0n) is 13.5. The van der Waals surface area contributed by atoms with Gasteiger partial charge in [0.1, 0.15) is 0 Å². The Hall–Kier alpha value is -0.0800. The molecular formula is C16H34N2. The van der Waals surface area contributed by atoms with Gasteiger partial charge in [-0.05, 0) is 58.0 Å². The van der Waals surface area contributed by atoms with Crippen molar-refractivity contribution < 1.29 is 0 Å². The van der Waals surface area contributed by atoms with Crippen LogP contribution in [0.3, 0.4) is 0 Å². The van der Waals surface area contributed by atoms with Crippen LogP contribution in [0, 0.1) is 17.8 Å². The molecule has 0 aliphatic heterocycles. The SMILES string of the molecule is CNC1CCC(C(C)C)CC1N(C)C(C)C(C)C. The van der Waals surface area contributed by atoms with Gasteiger partial charge in [-0.1, -0.05) is 27.7 Å². The average molecular weight is 254 g/mol. The lowest BCUT2D eigenvalue weighted by Gasteiger charge is -2.45. The predicted molar refractivity (Wildman–Crippen MR) is 80.9 cm³/mol. The van der Waals surface area contributed by atoms with Crippen molar-refractivity contribution in [2.45, 2.75) is 72.0 Å². The molecule has 1 aliphatic rings. The van der Waals surface area contributed by atoms with E-state index in [1.54, 1.807) is 0 Å². The van der Waals surface area contributed by atoms with E-state index in [2.05, 4.69) is 58.9 Å². The second-order valence-electron chi connectivity index (χ2n) is 6.93. The first-order chi connectivity index (χ1) is 8.38. The highest BCUT2D eigenvalue weighted by Crippen LogP contribution is 2.33. The van der Waals surface area contributed by atoms with Gasteiger partial charge >= 0.3 is 0 Å². The van der Waals surface area contributed by atoms with Crippen molar-refractivity contribution in [3.05, 3.63) is 0 Å². The second kappa shape index (κ2) is 6.91. The Morgan fingerprint density at radius 2 is 1.67 bits per heavy atom. The summed E-state index contributed by atoms with van der Waals surface area (Å²) < 4.78 is 0. The third-order valence-corrected chi connectivity index (χ3v) is 5.30. The van der Waals surface area contributed by atoms with E-state index < -0.39 is 0 Å². The van der Waals surface area contributed by atoms with Crippen LogP contribution in [0.4, 0.5) is 0 Å². The molecule has 18 heavy (non-hydrogen) atoms. The number of hydrogen-bond donors (Lipinski definition) is 1. The minimum atomic E-state index is 0.664. The maximum Gasteiger partial charge on any atom is 0.0251 e. The lowest BCUT2D eigenvalue weighted by molar-refractivity contribution is 0.0640. The Balaban J connectivity index is 2.73.